The summed E-state index contributed by atoms with van der Waals surface area (Å²) in [5.74, 6) is -2.47. The van der Waals surface area contributed by atoms with Gasteiger partial charge in [0, 0.05) is 62.9 Å². The van der Waals surface area contributed by atoms with Gasteiger partial charge in [-0.1, -0.05) is 42.0 Å². The molecule has 0 aliphatic carbocycles. The van der Waals surface area contributed by atoms with Crippen molar-refractivity contribution in [2.24, 2.45) is 5.92 Å². The molecule has 4 aromatic carbocycles. The standard InChI is InChI=1S/C49H53N7O10S/c1-30-11-14-34(15-12-30)67(64,65)55-22-19-35-39(29-57)51-38-16-13-32(27-37(38)46(35)55)31-6-2-7-33(26-31)50-42(58)10-4-21-54-24-23-53(28-44(54)60)20-5-25-66-41-9-3-8-36-45(41)49(63)56(48(36)62)40-17-18-43(59)52-47(40)61/h2-3,6-9,11-16,26-27,35,39-40,46,51,57H,4-5,10,17-25,28-29H2,1H3,(H,50,58)(H,52,59,61)/t35-,39+,40?,46-/m1/s1. The lowest BCUT2D eigenvalue weighted by Gasteiger charge is -2.39. The molecule has 17 nitrogen and oxygen atoms in total. The van der Waals surface area contributed by atoms with Crippen LogP contribution in [0.2, 0.25) is 0 Å². The fourth-order valence-corrected chi connectivity index (χ4v) is 11.7. The normalized spacial score (nSPS) is 22.0. The van der Waals surface area contributed by atoms with Crippen molar-refractivity contribution in [3.63, 3.8) is 0 Å². The number of hydrogen-bond acceptors (Lipinski definition) is 12. The largest absolute Gasteiger partial charge is 0.493 e. The number of sulfonamides is 1. The highest BCUT2D eigenvalue weighted by Crippen LogP contribution is 2.49. The van der Waals surface area contributed by atoms with Gasteiger partial charge in [0.1, 0.15) is 11.8 Å². The van der Waals surface area contributed by atoms with E-state index in [9.17, 15) is 42.3 Å². The van der Waals surface area contributed by atoms with Crippen LogP contribution in [0.4, 0.5) is 11.4 Å². The molecule has 0 bridgehead atoms. The minimum atomic E-state index is -3.82. The number of aliphatic hydroxyl groups excluding tert-OH is 1. The van der Waals surface area contributed by atoms with Crippen LogP contribution in [-0.2, 0) is 29.2 Å². The number of carbonyl (C=O) groups excluding carboxylic acids is 6. The lowest BCUT2D eigenvalue weighted by molar-refractivity contribution is -0.137. The molecule has 3 fully saturated rings. The van der Waals surface area contributed by atoms with Crippen molar-refractivity contribution in [2.45, 2.75) is 68.5 Å². The van der Waals surface area contributed by atoms with Gasteiger partial charge >= 0.3 is 0 Å². The van der Waals surface area contributed by atoms with Crippen LogP contribution >= 0.6 is 0 Å². The Hall–Kier alpha value is -6.47. The van der Waals surface area contributed by atoms with E-state index in [0.29, 0.717) is 57.7 Å². The first-order chi connectivity index (χ1) is 32.3. The third-order valence-corrected chi connectivity index (χ3v) is 15.4. The second-order valence-electron chi connectivity index (χ2n) is 17.8. The van der Waals surface area contributed by atoms with Crippen molar-refractivity contribution in [1.82, 2.24) is 24.3 Å². The summed E-state index contributed by atoms with van der Waals surface area (Å²) in [4.78, 5) is 81.8. The highest BCUT2D eigenvalue weighted by molar-refractivity contribution is 7.89. The van der Waals surface area contributed by atoms with E-state index in [-0.39, 0.29) is 84.6 Å². The summed E-state index contributed by atoms with van der Waals surface area (Å²) in [5, 5.41) is 18.9. The number of ether oxygens (including phenoxy) is 1. The topological polar surface area (TPSA) is 215 Å². The molecule has 6 amide bonds. The predicted octanol–water partition coefficient (Wildman–Crippen LogP) is 3.93. The Labute approximate surface area is 388 Å². The quantitative estimate of drug-likeness (QED) is 0.0986. The van der Waals surface area contributed by atoms with E-state index in [1.165, 1.54) is 6.07 Å². The van der Waals surface area contributed by atoms with Crippen LogP contribution in [0, 0.1) is 12.8 Å². The van der Waals surface area contributed by atoms with Crippen LogP contribution < -0.4 is 20.7 Å². The van der Waals surface area contributed by atoms with Crippen LogP contribution in [-0.4, -0.2) is 133 Å². The summed E-state index contributed by atoms with van der Waals surface area (Å²) in [6, 6.07) is 23.1. The maximum absolute atomic E-state index is 14.0. The van der Waals surface area contributed by atoms with Crippen LogP contribution in [0.15, 0.2) is 89.8 Å². The number of piperazine rings is 1. The number of imide groups is 2. The summed E-state index contributed by atoms with van der Waals surface area (Å²) in [7, 11) is -3.82. The number of piperidine rings is 1. The van der Waals surface area contributed by atoms with Crippen molar-refractivity contribution in [3.8, 4) is 16.9 Å². The molecular weight excluding hydrogens is 879 g/mol. The lowest BCUT2D eigenvalue weighted by Crippen LogP contribution is -2.54. The van der Waals surface area contributed by atoms with E-state index >= 15 is 0 Å². The van der Waals surface area contributed by atoms with Crippen molar-refractivity contribution in [1.29, 1.82) is 0 Å². The van der Waals surface area contributed by atoms with E-state index in [1.807, 2.05) is 54.3 Å². The van der Waals surface area contributed by atoms with Gasteiger partial charge < -0.3 is 25.4 Å². The smallest absolute Gasteiger partial charge is 0.266 e. The molecule has 4 atom stereocenters. The first-order valence-corrected chi connectivity index (χ1v) is 24.2. The Morgan fingerprint density at radius 1 is 0.866 bits per heavy atom. The zero-order valence-electron chi connectivity index (χ0n) is 37.1. The highest BCUT2D eigenvalue weighted by atomic mass is 32.2. The van der Waals surface area contributed by atoms with Gasteiger partial charge in [-0.25, -0.2) is 8.42 Å². The van der Waals surface area contributed by atoms with Gasteiger partial charge in [0.15, 0.2) is 0 Å². The van der Waals surface area contributed by atoms with Gasteiger partial charge in [-0.15, -0.1) is 0 Å². The fourth-order valence-electron chi connectivity index (χ4n) is 10.0. The van der Waals surface area contributed by atoms with Gasteiger partial charge in [0.2, 0.25) is 33.7 Å². The average molecular weight is 932 g/mol. The third-order valence-electron chi connectivity index (χ3n) is 13.5. The van der Waals surface area contributed by atoms with Crippen LogP contribution in [0.1, 0.15) is 76.4 Å². The molecule has 3 saturated heterocycles. The van der Waals surface area contributed by atoms with Crippen molar-refractivity contribution in [3.05, 3.63) is 107 Å². The van der Waals surface area contributed by atoms with E-state index in [2.05, 4.69) is 16.0 Å². The predicted molar refractivity (Wildman–Crippen MR) is 246 cm³/mol. The monoisotopic (exact) mass is 931 g/mol. The summed E-state index contributed by atoms with van der Waals surface area (Å²) >= 11 is 0. The molecule has 0 radical (unpaired) electrons. The zero-order chi connectivity index (χ0) is 47.0. The molecule has 0 spiro atoms. The Morgan fingerprint density at radius 3 is 2.43 bits per heavy atom. The number of rotatable bonds is 15. The van der Waals surface area contributed by atoms with Gasteiger partial charge in [0.05, 0.1) is 47.9 Å². The van der Waals surface area contributed by atoms with Gasteiger partial charge in [-0.2, -0.15) is 4.31 Å². The Kier molecular flexibility index (Phi) is 13.0. The molecule has 67 heavy (non-hydrogen) atoms. The molecule has 0 aromatic heterocycles. The Morgan fingerprint density at radius 2 is 1.66 bits per heavy atom. The van der Waals surface area contributed by atoms with E-state index in [0.717, 1.165) is 32.8 Å². The number of aryl methyl sites for hydroxylation is 1. The van der Waals surface area contributed by atoms with Gasteiger partial charge in [-0.3, -0.25) is 43.9 Å². The molecule has 350 valence electrons. The highest BCUT2D eigenvalue weighted by Gasteiger charge is 2.49. The number of nitrogens with zero attached hydrogens (tertiary/aromatic N) is 4. The number of aliphatic hydroxyl groups is 1. The number of amides is 6. The molecule has 0 saturated carbocycles. The third kappa shape index (κ3) is 9.18. The van der Waals surface area contributed by atoms with Crippen LogP contribution in [0.25, 0.3) is 11.1 Å². The van der Waals surface area contributed by atoms with Crippen LogP contribution in [0.5, 0.6) is 5.75 Å². The van der Waals surface area contributed by atoms with Crippen molar-refractivity contribution >= 4 is 56.8 Å². The summed E-state index contributed by atoms with van der Waals surface area (Å²) in [6.07, 6.45) is 1.93. The van der Waals surface area contributed by atoms with Crippen molar-refractivity contribution < 1.29 is 47.0 Å². The first kappa shape index (κ1) is 45.7. The molecule has 18 heteroatoms. The number of fused-ring (bicyclic) bond motifs is 4. The Bertz CT molecular complexity index is 2750. The number of nitrogens with one attached hydrogen (secondary N) is 3. The van der Waals surface area contributed by atoms with Crippen molar-refractivity contribution in [2.75, 3.05) is 63.1 Å². The first-order valence-electron chi connectivity index (χ1n) is 22.8. The van der Waals surface area contributed by atoms with E-state index < -0.39 is 45.7 Å². The van der Waals surface area contributed by atoms with E-state index in [1.54, 1.807) is 45.6 Å². The maximum atomic E-state index is 14.0. The maximum Gasteiger partial charge on any atom is 0.266 e. The zero-order valence-corrected chi connectivity index (χ0v) is 37.9. The molecule has 4 aromatic rings. The Balaban J connectivity index is 0.744. The lowest BCUT2D eigenvalue weighted by atomic mass is 9.82. The van der Waals surface area contributed by atoms with Crippen LogP contribution in [0.3, 0.4) is 0 Å². The molecule has 5 aliphatic heterocycles. The average Bonchev–Trinajstić information content (AvgIpc) is 3.88. The van der Waals surface area contributed by atoms with E-state index in [4.69, 9.17) is 4.74 Å². The minimum Gasteiger partial charge on any atom is -0.493 e. The number of anilines is 2. The van der Waals surface area contributed by atoms with Gasteiger partial charge in [0.25, 0.3) is 11.8 Å². The second-order valence-corrected chi connectivity index (χ2v) is 19.7. The SMILES string of the molecule is Cc1ccc(S(=O)(=O)N2CC[C@@H]3[C@H](CO)Nc4ccc(-c5cccc(NC(=O)CCCN6CCN(CCCOc7cccc8c7C(=O)N(C7CCC(=O)NC7=O)C8=O)CC6=O)c5)cc4[C@@H]32)cc1. The molecule has 9 rings (SSSR count). The molecular formula is C49H53N7O10S. The summed E-state index contributed by atoms with van der Waals surface area (Å²) in [6.45, 7) is 4.72. The second kappa shape index (κ2) is 19.0. The van der Waals surface area contributed by atoms with Gasteiger partial charge in [-0.05, 0) is 97.8 Å². The number of carbonyl (C=O) groups is 6. The summed E-state index contributed by atoms with van der Waals surface area (Å²) in [5.41, 5.74) is 5.14. The fraction of sp³-hybridized carbons (Fsp3) is 0.388. The molecule has 5 aliphatic rings. The number of benzene rings is 4. The minimum absolute atomic E-state index is 0.0287. The molecule has 4 N–H and O–H groups in total. The summed E-state index contributed by atoms with van der Waals surface area (Å²) < 4.78 is 35.6. The number of hydrogen-bond donors (Lipinski definition) is 4. The molecule has 5 heterocycles. The molecule has 1 unspecified atom stereocenters.